The number of piperidine rings is 1. The van der Waals surface area contributed by atoms with Gasteiger partial charge in [-0.25, -0.2) is 9.97 Å². The number of ether oxygens (including phenoxy) is 1. The largest absolute Gasteiger partial charge is 0.365 e. The van der Waals surface area contributed by atoms with Gasteiger partial charge in [0, 0.05) is 58.7 Å². The van der Waals surface area contributed by atoms with E-state index in [1.807, 2.05) is 33.9 Å². The molecule has 1 atom stereocenters. The number of fused-ring (bicyclic) bond motifs is 1. The minimum absolute atomic E-state index is 0.117. The Hall–Kier alpha value is -2.78. The Labute approximate surface area is 196 Å². The number of anilines is 1. The fourth-order valence-corrected chi connectivity index (χ4v) is 4.78. The smallest absolute Gasteiger partial charge is 0.219 e. The van der Waals surface area contributed by atoms with Crippen LogP contribution in [0.5, 0.6) is 0 Å². The van der Waals surface area contributed by atoms with Crippen molar-refractivity contribution in [1.29, 1.82) is 0 Å². The van der Waals surface area contributed by atoms with E-state index in [0.29, 0.717) is 13.3 Å². The van der Waals surface area contributed by atoms with Gasteiger partial charge >= 0.3 is 0 Å². The average molecular weight is 467 g/mol. The van der Waals surface area contributed by atoms with Gasteiger partial charge in [-0.1, -0.05) is 19.6 Å². The molecule has 4 rings (SSSR count). The highest BCUT2D eigenvalue weighted by Gasteiger charge is 2.23. The van der Waals surface area contributed by atoms with Crippen molar-refractivity contribution in [2.24, 2.45) is 0 Å². The topological polar surface area (TPSA) is 85.2 Å². The molecule has 1 aliphatic heterocycles. The zero-order valence-corrected chi connectivity index (χ0v) is 21.0. The van der Waals surface area contributed by atoms with Crippen molar-refractivity contribution in [3.63, 3.8) is 0 Å². The number of nitrogens with one attached hydrogen (secondary N) is 1. The van der Waals surface area contributed by atoms with Crippen LogP contribution >= 0.6 is 0 Å². The summed E-state index contributed by atoms with van der Waals surface area (Å²) in [7, 11) is -1.12. The first-order valence-corrected chi connectivity index (χ1v) is 15.4. The van der Waals surface area contributed by atoms with Gasteiger partial charge in [0.05, 0.1) is 11.9 Å². The Morgan fingerprint density at radius 3 is 2.91 bits per heavy atom. The maximum atomic E-state index is 11.8. The van der Waals surface area contributed by atoms with Crippen molar-refractivity contribution in [3.05, 3.63) is 36.8 Å². The van der Waals surface area contributed by atoms with Crippen LogP contribution in [0.1, 0.15) is 19.8 Å². The quantitative estimate of drug-likeness (QED) is 0.395. The molecule has 1 aliphatic rings. The number of carbonyl (C=O) groups is 1. The van der Waals surface area contributed by atoms with Gasteiger partial charge in [0.25, 0.3) is 0 Å². The van der Waals surface area contributed by atoms with Gasteiger partial charge in [-0.2, -0.15) is 0 Å². The first-order chi connectivity index (χ1) is 15.8. The number of rotatable bonds is 8. The van der Waals surface area contributed by atoms with Crippen LogP contribution in [0.2, 0.25) is 25.7 Å². The fraction of sp³-hybridized carbons (Fsp3) is 0.500. The third-order valence-electron chi connectivity index (χ3n) is 5.98. The summed E-state index contributed by atoms with van der Waals surface area (Å²) < 4.78 is 7.94. The molecule has 1 amide bonds. The lowest BCUT2D eigenvalue weighted by Gasteiger charge is -2.33. The molecule has 0 aromatic carbocycles. The van der Waals surface area contributed by atoms with Gasteiger partial charge in [0.1, 0.15) is 18.1 Å². The molecule has 9 heteroatoms. The molecule has 0 unspecified atom stereocenters. The highest BCUT2D eigenvalue weighted by atomic mass is 28.3. The summed E-state index contributed by atoms with van der Waals surface area (Å²) in [5, 5.41) is 3.54. The van der Waals surface area contributed by atoms with E-state index in [9.17, 15) is 4.79 Å². The van der Waals surface area contributed by atoms with E-state index in [4.69, 9.17) is 9.72 Å². The van der Waals surface area contributed by atoms with Crippen molar-refractivity contribution in [1.82, 2.24) is 24.4 Å². The van der Waals surface area contributed by atoms with Gasteiger partial charge in [0.2, 0.25) is 5.91 Å². The van der Waals surface area contributed by atoms with Gasteiger partial charge in [0.15, 0.2) is 5.65 Å². The van der Waals surface area contributed by atoms with Crippen LogP contribution < -0.4 is 5.32 Å². The zero-order valence-electron chi connectivity index (χ0n) is 20.0. The molecule has 33 heavy (non-hydrogen) atoms. The van der Waals surface area contributed by atoms with Crippen LogP contribution in [0.15, 0.2) is 36.8 Å². The number of likely N-dealkylation sites (tertiary alicyclic amines) is 1. The number of pyridine rings is 1. The minimum atomic E-state index is -1.12. The Bertz CT molecular complexity index is 1110. The Balaban J connectivity index is 1.52. The Kier molecular flexibility index (Phi) is 7.09. The van der Waals surface area contributed by atoms with Crippen molar-refractivity contribution in [2.75, 3.05) is 25.0 Å². The van der Waals surface area contributed by atoms with E-state index >= 15 is 0 Å². The number of hydrogen-bond donors (Lipinski definition) is 1. The molecular weight excluding hydrogens is 432 g/mol. The summed E-state index contributed by atoms with van der Waals surface area (Å²) in [5.74, 6) is 0.887. The van der Waals surface area contributed by atoms with Crippen LogP contribution in [0.4, 0.5) is 5.82 Å². The molecule has 1 saturated heterocycles. The van der Waals surface area contributed by atoms with E-state index in [-0.39, 0.29) is 11.9 Å². The van der Waals surface area contributed by atoms with Gasteiger partial charge in [-0.05, 0) is 37.1 Å². The van der Waals surface area contributed by atoms with Crippen LogP contribution in [-0.4, -0.2) is 64.1 Å². The molecule has 1 N–H and O–H groups in total. The summed E-state index contributed by atoms with van der Waals surface area (Å²) in [6, 6.07) is 7.18. The predicted molar refractivity (Wildman–Crippen MR) is 134 cm³/mol. The zero-order chi connectivity index (χ0) is 23.4. The van der Waals surface area contributed by atoms with Gasteiger partial charge in [-0.15, -0.1) is 0 Å². The molecule has 8 nitrogen and oxygen atoms in total. The highest BCUT2D eigenvalue weighted by molar-refractivity contribution is 6.76. The molecule has 0 bridgehead atoms. The third kappa shape index (κ3) is 5.97. The molecule has 0 spiro atoms. The molecular formula is C24H34N6O2Si. The van der Waals surface area contributed by atoms with Crippen molar-refractivity contribution >= 4 is 31.0 Å². The molecule has 0 saturated carbocycles. The van der Waals surface area contributed by atoms with Crippen LogP contribution in [0.25, 0.3) is 22.4 Å². The van der Waals surface area contributed by atoms with Crippen LogP contribution in [-0.2, 0) is 16.3 Å². The summed E-state index contributed by atoms with van der Waals surface area (Å²) >= 11 is 0. The van der Waals surface area contributed by atoms with Crippen LogP contribution in [0, 0.1) is 0 Å². The van der Waals surface area contributed by atoms with E-state index in [1.54, 1.807) is 19.3 Å². The summed E-state index contributed by atoms with van der Waals surface area (Å²) in [6.45, 7) is 11.4. The van der Waals surface area contributed by atoms with E-state index < -0.39 is 8.07 Å². The molecule has 3 aromatic heterocycles. The first kappa shape index (κ1) is 23.4. The second-order valence-electron chi connectivity index (χ2n) is 9.95. The van der Waals surface area contributed by atoms with Gasteiger partial charge < -0.3 is 19.5 Å². The average Bonchev–Trinajstić information content (AvgIpc) is 3.19. The lowest BCUT2D eigenvalue weighted by molar-refractivity contribution is -0.129. The normalized spacial score (nSPS) is 16.8. The minimum Gasteiger partial charge on any atom is -0.365 e. The molecule has 0 aliphatic carbocycles. The van der Waals surface area contributed by atoms with E-state index in [0.717, 1.165) is 60.3 Å². The molecule has 0 radical (unpaired) electrons. The fourth-order valence-electron chi connectivity index (χ4n) is 4.03. The number of hydrogen-bond acceptors (Lipinski definition) is 6. The lowest BCUT2D eigenvalue weighted by Crippen LogP contribution is -2.44. The summed E-state index contributed by atoms with van der Waals surface area (Å²) in [4.78, 5) is 27.8. The SMILES string of the molecule is CC(=O)N1CCC[C@H](Nc2ncccc2-c2cnc3ccn(COCC[Si](C)(C)C)c3n2)C1. The Morgan fingerprint density at radius 2 is 2.12 bits per heavy atom. The van der Waals surface area contributed by atoms with Gasteiger partial charge in [-0.3, -0.25) is 9.78 Å². The summed E-state index contributed by atoms with van der Waals surface area (Å²) in [5.41, 5.74) is 3.31. The second kappa shape index (κ2) is 10.0. The van der Waals surface area contributed by atoms with Crippen molar-refractivity contribution in [2.45, 2.75) is 58.2 Å². The number of nitrogens with zero attached hydrogens (tertiary/aromatic N) is 5. The van der Waals surface area contributed by atoms with Crippen LogP contribution in [0.3, 0.4) is 0 Å². The highest BCUT2D eigenvalue weighted by Crippen LogP contribution is 2.27. The molecule has 4 heterocycles. The molecule has 1 fully saturated rings. The monoisotopic (exact) mass is 466 g/mol. The second-order valence-corrected chi connectivity index (χ2v) is 15.6. The number of carbonyl (C=O) groups excluding carboxylic acids is 1. The van der Waals surface area contributed by atoms with E-state index in [1.165, 1.54) is 0 Å². The third-order valence-corrected chi connectivity index (χ3v) is 7.69. The number of amides is 1. The molecule has 176 valence electrons. The Morgan fingerprint density at radius 1 is 1.27 bits per heavy atom. The standard InChI is InChI=1S/C24H34N6O2Si/c1-18(31)29-11-6-7-19(16-29)27-23-20(8-5-10-25-23)22-15-26-21-9-12-30(24(21)28-22)17-32-13-14-33(2,3)4/h5,8-10,12,15,19H,6-7,11,13-14,16-17H2,1-4H3,(H,25,27)/t19-/m0/s1. The summed E-state index contributed by atoms with van der Waals surface area (Å²) in [6.07, 6.45) is 7.53. The first-order valence-electron chi connectivity index (χ1n) is 11.7. The van der Waals surface area contributed by atoms with Crippen molar-refractivity contribution in [3.8, 4) is 11.3 Å². The van der Waals surface area contributed by atoms with Crippen molar-refractivity contribution < 1.29 is 9.53 Å². The molecule has 3 aromatic rings. The lowest BCUT2D eigenvalue weighted by atomic mass is 10.0. The van der Waals surface area contributed by atoms with E-state index in [2.05, 4.69) is 34.9 Å². The maximum absolute atomic E-state index is 11.8. The maximum Gasteiger partial charge on any atom is 0.219 e. The number of aromatic nitrogens is 4. The predicted octanol–water partition coefficient (Wildman–Crippen LogP) is 4.23.